The van der Waals surface area contributed by atoms with E-state index in [1.54, 1.807) is 17.8 Å². The van der Waals surface area contributed by atoms with Gasteiger partial charge in [0.2, 0.25) is 5.91 Å². The summed E-state index contributed by atoms with van der Waals surface area (Å²) in [5, 5.41) is 4.92. The van der Waals surface area contributed by atoms with Crippen LogP contribution < -0.4 is 4.90 Å². The SMILES string of the molecule is CC1CCN(C(=O)Cc2ccon2)c2cc(Cl)ccc2S1. The van der Waals surface area contributed by atoms with Gasteiger partial charge in [0.15, 0.2) is 0 Å². The molecule has 1 aromatic carbocycles. The van der Waals surface area contributed by atoms with Crippen LogP contribution in [0, 0.1) is 0 Å². The molecule has 21 heavy (non-hydrogen) atoms. The number of hydrogen-bond acceptors (Lipinski definition) is 4. The summed E-state index contributed by atoms with van der Waals surface area (Å²) in [4.78, 5) is 15.5. The van der Waals surface area contributed by atoms with Crippen molar-refractivity contribution in [3.63, 3.8) is 0 Å². The number of aromatic nitrogens is 1. The summed E-state index contributed by atoms with van der Waals surface area (Å²) < 4.78 is 4.79. The average molecular weight is 323 g/mol. The third-order valence-corrected chi connectivity index (χ3v) is 4.90. The highest BCUT2D eigenvalue weighted by molar-refractivity contribution is 8.00. The molecular formula is C15H15ClN2O2S. The quantitative estimate of drug-likeness (QED) is 0.844. The first-order valence-corrected chi connectivity index (χ1v) is 8.05. The van der Waals surface area contributed by atoms with Crippen molar-refractivity contribution < 1.29 is 9.32 Å². The molecule has 1 aliphatic rings. The van der Waals surface area contributed by atoms with Gasteiger partial charge in [-0.25, -0.2) is 0 Å². The monoisotopic (exact) mass is 322 g/mol. The second-order valence-electron chi connectivity index (χ2n) is 5.04. The van der Waals surface area contributed by atoms with Crippen LogP contribution in [0.15, 0.2) is 39.9 Å². The molecule has 0 radical (unpaired) electrons. The van der Waals surface area contributed by atoms with Crippen LogP contribution in [-0.4, -0.2) is 22.9 Å². The van der Waals surface area contributed by atoms with Crippen LogP contribution in [0.4, 0.5) is 5.69 Å². The van der Waals surface area contributed by atoms with Crippen LogP contribution in [0.1, 0.15) is 19.0 Å². The van der Waals surface area contributed by atoms with Gasteiger partial charge in [0.1, 0.15) is 6.26 Å². The molecule has 2 aromatic rings. The number of hydrogen-bond donors (Lipinski definition) is 0. The van der Waals surface area contributed by atoms with E-state index in [9.17, 15) is 4.79 Å². The van der Waals surface area contributed by atoms with Crippen molar-refractivity contribution in [1.82, 2.24) is 5.16 Å². The minimum absolute atomic E-state index is 0.0158. The van der Waals surface area contributed by atoms with Crippen molar-refractivity contribution in [2.75, 3.05) is 11.4 Å². The Kier molecular flexibility index (Phi) is 4.22. The summed E-state index contributed by atoms with van der Waals surface area (Å²) in [7, 11) is 0. The number of anilines is 1. The van der Waals surface area contributed by atoms with Crippen molar-refractivity contribution in [3.8, 4) is 0 Å². The molecule has 1 unspecified atom stereocenters. The van der Waals surface area contributed by atoms with Gasteiger partial charge < -0.3 is 9.42 Å². The number of carbonyl (C=O) groups is 1. The Morgan fingerprint density at radius 2 is 2.38 bits per heavy atom. The summed E-state index contributed by atoms with van der Waals surface area (Å²) in [6.07, 6.45) is 2.66. The Morgan fingerprint density at radius 3 is 3.14 bits per heavy atom. The van der Waals surface area contributed by atoms with Gasteiger partial charge in [-0.2, -0.15) is 0 Å². The first kappa shape index (κ1) is 14.5. The molecule has 1 aromatic heterocycles. The molecule has 0 spiro atoms. The maximum Gasteiger partial charge on any atom is 0.233 e. The van der Waals surface area contributed by atoms with Crippen LogP contribution in [0.2, 0.25) is 5.02 Å². The maximum atomic E-state index is 12.6. The van der Waals surface area contributed by atoms with E-state index in [2.05, 4.69) is 12.1 Å². The summed E-state index contributed by atoms with van der Waals surface area (Å²) in [5.74, 6) is 0.0158. The minimum atomic E-state index is 0.0158. The highest BCUT2D eigenvalue weighted by atomic mass is 35.5. The van der Waals surface area contributed by atoms with Gasteiger partial charge in [0.05, 0.1) is 17.8 Å². The number of rotatable bonds is 2. The second-order valence-corrected chi connectivity index (χ2v) is 6.96. The minimum Gasteiger partial charge on any atom is -0.364 e. The topological polar surface area (TPSA) is 46.3 Å². The zero-order valence-corrected chi connectivity index (χ0v) is 13.2. The van der Waals surface area contributed by atoms with Crippen LogP contribution in [0.3, 0.4) is 0 Å². The lowest BCUT2D eigenvalue weighted by Gasteiger charge is -2.22. The molecule has 1 atom stereocenters. The number of carbonyl (C=O) groups excluding carboxylic acids is 1. The molecule has 3 rings (SSSR count). The summed E-state index contributed by atoms with van der Waals surface area (Å²) in [6, 6.07) is 7.43. The van der Waals surface area contributed by atoms with E-state index in [1.807, 2.05) is 23.1 Å². The molecule has 6 heteroatoms. The largest absolute Gasteiger partial charge is 0.364 e. The number of benzene rings is 1. The van der Waals surface area contributed by atoms with Crippen molar-refractivity contribution in [1.29, 1.82) is 0 Å². The number of fused-ring (bicyclic) bond motifs is 1. The fourth-order valence-corrected chi connectivity index (χ4v) is 3.61. The van der Waals surface area contributed by atoms with E-state index < -0.39 is 0 Å². The Hall–Kier alpha value is -1.46. The van der Waals surface area contributed by atoms with Crippen LogP contribution >= 0.6 is 23.4 Å². The van der Waals surface area contributed by atoms with E-state index in [0.717, 1.165) is 17.0 Å². The van der Waals surface area contributed by atoms with E-state index in [0.29, 0.717) is 22.5 Å². The molecule has 2 heterocycles. The molecule has 0 saturated heterocycles. The number of amides is 1. The smallest absolute Gasteiger partial charge is 0.233 e. The Labute approximate surface area is 132 Å². The molecule has 1 amide bonds. The average Bonchev–Trinajstić information content (AvgIpc) is 2.88. The standard InChI is InChI=1S/C15H15ClN2O2S/c1-10-4-6-18(15(19)9-12-5-7-20-17-12)13-8-11(16)2-3-14(13)21-10/h2-3,5,7-8,10H,4,6,9H2,1H3. The third kappa shape index (κ3) is 3.24. The van der Waals surface area contributed by atoms with Crippen molar-refractivity contribution in [3.05, 3.63) is 41.2 Å². The first-order chi connectivity index (χ1) is 10.1. The van der Waals surface area contributed by atoms with Gasteiger partial charge in [-0.1, -0.05) is 23.7 Å². The highest BCUT2D eigenvalue weighted by Crippen LogP contribution is 2.39. The maximum absolute atomic E-state index is 12.6. The normalized spacial score (nSPS) is 18.2. The molecule has 0 fully saturated rings. The Bertz CT molecular complexity index is 645. The lowest BCUT2D eigenvalue weighted by Crippen LogP contribution is -2.33. The van der Waals surface area contributed by atoms with Gasteiger partial charge in [-0.05, 0) is 24.6 Å². The predicted octanol–water partition coefficient (Wildman–Crippen LogP) is 3.79. The van der Waals surface area contributed by atoms with Crippen molar-refractivity contribution >= 4 is 35.0 Å². The predicted molar refractivity (Wildman–Crippen MR) is 83.9 cm³/mol. The number of thioether (sulfide) groups is 1. The number of halogens is 1. The van der Waals surface area contributed by atoms with E-state index in [4.69, 9.17) is 16.1 Å². The van der Waals surface area contributed by atoms with Crippen LogP contribution in [0.5, 0.6) is 0 Å². The zero-order valence-electron chi connectivity index (χ0n) is 11.6. The molecule has 0 N–H and O–H groups in total. The van der Waals surface area contributed by atoms with Crippen molar-refractivity contribution in [2.45, 2.75) is 29.9 Å². The van der Waals surface area contributed by atoms with Crippen molar-refractivity contribution in [2.24, 2.45) is 0 Å². The molecule has 0 saturated carbocycles. The molecule has 1 aliphatic heterocycles. The first-order valence-electron chi connectivity index (χ1n) is 6.79. The van der Waals surface area contributed by atoms with Gasteiger partial charge in [0, 0.05) is 27.8 Å². The molecule has 4 nitrogen and oxygen atoms in total. The molecular weight excluding hydrogens is 308 g/mol. The Balaban J connectivity index is 1.91. The van der Waals surface area contributed by atoms with Gasteiger partial charge in [-0.15, -0.1) is 11.8 Å². The second kappa shape index (κ2) is 6.12. The van der Waals surface area contributed by atoms with Gasteiger partial charge in [0.25, 0.3) is 0 Å². The lowest BCUT2D eigenvalue weighted by atomic mass is 10.2. The third-order valence-electron chi connectivity index (χ3n) is 3.42. The summed E-state index contributed by atoms with van der Waals surface area (Å²) >= 11 is 7.89. The van der Waals surface area contributed by atoms with Gasteiger partial charge >= 0.3 is 0 Å². The fourth-order valence-electron chi connectivity index (χ4n) is 2.35. The fraction of sp³-hybridized carbons (Fsp3) is 0.333. The summed E-state index contributed by atoms with van der Waals surface area (Å²) in [6.45, 7) is 2.87. The van der Waals surface area contributed by atoms with Gasteiger partial charge in [-0.3, -0.25) is 4.79 Å². The number of nitrogens with zero attached hydrogens (tertiary/aromatic N) is 2. The van der Waals surface area contributed by atoms with Crippen LogP contribution in [-0.2, 0) is 11.2 Å². The van der Waals surface area contributed by atoms with Crippen LogP contribution in [0.25, 0.3) is 0 Å². The lowest BCUT2D eigenvalue weighted by molar-refractivity contribution is -0.118. The Morgan fingerprint density at radius 1 is 1.52 bits per heavy atom. The highest BCUT2D eigenvalue weighted by Gasteiger charge is 2.25. The van der Waals surface area contributed by atoms with E-state index in [1.165, 1.54) is 6.26 Å². The summed E-state index contributed by atoms with van der Waals surface area (Å²) in [5.41, 5.74) is 1.54. The van der Waals surface area contributed by atoms with E-state index in [-0.39, 0.29) is 12.3 Å². The molecule has 110 valence electrons. The molecule has 0 aliphatic carbocycles. The zero-order chi connectivity index (χ0) is 14.8. The van der Waals surface area contributed by atoms with E-state index >= 15 is 0 Å². The molecule has 0 bridgehead atoms.